The van der Waals surface area contributed by atoms with Crippen molar-refractivity contribution in [3.63, 3.8) is 0 Å². The fourth-order valence-electron chi connectivity index (χ4n) is 2.93. The monoisotopic (exact) mass is 296 g/mol. The molecule has 0 aromatic heterocycles. The molecule has 2 rings (SSSR count). The summed E-state index contributed by atoms with van der Waals surface area (Å²) in [7, 11) is -3.45. The fraction of sp³-hybridized carbons (Fsp3) is 0.600. The van der Waals surface area contributed by atoms with E-state index in [1.807, 2.05) is 6.92 Å². The molecule has 0 bridgehead atoms. The van der Waals surface area contributed by atoms with Gasteiger partial charge in [-0.15, -0.1) is 0 Å². The molecule has 1 aliphatic rings. The average molecular weight is 296 g/mol. The molecule has 20 heavy (non-hydrogen) atoms. The van der Waals surface area contributed by atoms with E-state index in [1.165, 1.54) is 6.42 Å². The van der Waals surface area contributed by atoms with Gasteiger partial charge < -0.3 is 5.73 Å². The van der Waals surface area contributed by atoms with E-state index in [0.29, 0.717) is 16.5 Å². The molecule has 0 spiro atoms. The number of sulfonamides is 1. The maximum absolute atomic E-state index is 12.5. The van der Waals surface area contributed by atoms with Crippen molar-refractivity contribution in [1.29, 1.82) is 0 Å². The highest BCUT2D eigenvalue weighted by Crippen LogP contribution is 2.28. The molecule has 0 saturated heterocycles. The van der Waals surface area contributed by atoms with Crippen molar-refractivity contribution >= 4 is 15.7 Å². The SMILES string of the molecule is CCC1CCCCC1NS(=O)(=O)c1ccc(N)c(C)c1. The molecule has 1 aromatic rings. The van der Waals surface area contributed by atoms with Gasteiger partial charge in [0.1, 0.15) is 0 Å². The van der Waals surface area contributed by atoms with E-state index in [2.05, 4.69) is 11.6 Å². The molecule has 1 aliphatic carbocycles. The van der Waals surface area contributed by atoms with E-state index in [-0.39, 0.29) is 6.04 Å². The first-order valence-electron chi connectivity index (χ1n) is 7.32. The van der Waals surface area contributed by atoms with Crippen LogP contribution < -0.4 is 10.5 Å². The van der Waals surface area contributed by atoms with E-state index in [9.17, 15) is 8.42 Å². The van der Waals surface area contributed by atoms with Crippen LogP contribution in [0.4, 0.5) is 5.69 Å². The summed E-state index contributed by atoms with van der Waals surface area (Å²) < 4.78 is 27.8. The van der Waals surface area contributed by atoms with E-state index in [0.717, 1.165) is 31.2 Å². The minimum atomic E-state index is -3.45. The fourth-order valence-corrected chi connectivity index (χ4v) is 4.36. The summed E-state index contributed by atoms with van der Waals surface area (Å²) in [6.45, 7) is 3.95. The van der Waals surface area contributed by atoms with Gasteiger partial charge in [0, 0.05) is 11.7 Å². The first-order chi connectivity index (χ1) is 9.44. The Hall–Kier alpha value is -1.07. The van der Waals surface area contributed by atoms with Crippen molar-refractivity contribution in [2.24, 2.45) is 5.92 Å². The second-order valence-electron chi connectivity index (χ2n) is 5.70. The molecule has 112 valence electrons. The van der Waals surface area contributed by atoms with Gasteiger partial charge in [-0.25, -0.2) is 13.1 Å². The lowest BCUT2D eigenvalue weighted by molar-refractivity contribution is 0.282. The van der Waals surface area contributed by atoms with Gasteiger partial charge >= 0.3 is 0 Å². The summed E-state index contributed by atoms with van der Waals surface area (Å²) in [6.07, 6.45) is 5.38. The number of rotatable bonds is 4. The third kappa shape index (κ3) is 3.33. The lowest BCUT2D eigenvalue weighted by Crippen LogP contribution is -2.41. The summed E-state index contributed by atoms with van der Waals surface area (Å²) in [5, 5.41) is 0. The maximum Gasteiger partial charge on any atom is 0.240 e. The molecule has 3 N–H and O–H groups in total. The van der Waals surface area contributed by atoms with E-state index < -0.39 is 10.0 Å². The smallest absolute Gasteiger partial charge is 0.240 e. The molecule has 2 unspecified atom stereocenters. The Balaban J connectivity index is 2.19. The van der Waals surface area contributed by atoms with Crippen LogP contribution >= 0.6 is 0 Å². The van der Waals surface area contributed by atoms with Crippen LogP contribution in [0, 0.1) is 12.8 Å². The van der Waals surface area contributed by atoms with Gasteiger partial charge in [-0.05, 0) is 49.4 Å². The second kappa shape index (κ2) is 6.14. The van der Waals surface area contributed by atoms with Crippen molar-refractivity contribution in [2.45, 2.75) is 56.9 Å². The molecule has 0 heterocycles. The number of nitrogens with one attached hydrogen (secondary N) is 1. The highest BCUT2D eigenvalue weighted by atomic mass is 32.2. The van der Waals surface area contributed by atoms with Crippen LogP contribution in [0.3, 0.4) is 0 Å². The first-order valence-corrected chi connectivity index (χ1v) is 8.81. The van der Waals surface area contributed by atoms with E-state index in [4.69, 9.17) is 5.73 Å². The van der Waals surface area contributed by atoms with Gasteiger partial charge in [0.05, 0.1) is 4.90 Å². The molecule has 1 saturated carbocycles. The summed E-state index contributed by atoms with van der Waals surface area (Å²) in [4.78, 5) is 0.310. The number of nitrogens with two attached hydrogens (primary N) is 1. The lowest BCUT2D eigenvalue weighted by atomic mass is 9.83. The predicted octanol–water partition coefficient (Wildman–Crippen LogP) is 2.82. The third-order valence-corrected chi connectivity index (χ3v) is 5.78. The average Bonchev–Trinajstić information content (AvgIpc) is 2.42. The molecule has 2 atom stereocenters. The van der Waals surface area contributed by atoms with Crippen LogP contribution in [0.2, 0.25) is 0 Å². The molecule has 0 amide bonds. The molecule has 1 fully saturated rings. The standard InChI is InChI=1S/C15H24N2O2S/c1-3-12-6-4-5-7-15(12)17-20(18,19)13-8-9-14(16)11(2)10-13/h8-10,12,15,17H,3-7,16H2,1-2H3. The summed E-state index contributed by atoms with van der Waals surface area (Å²) in [6, 6.07) is 4.94. The number of anilines is 1. The van der Waals surface area contributed by atoms with Crippen LogP contribution in [-0.4, -0.2) is 14.5 Å². The Kier molecular flexibility index (Phi) is 4.70. The van der Waals surface area contributed by atoms with Crippen LogP contribution in [0.1, 0.15) is 44.6 Å². The minimum Gasteiger partial charge on any atom is -0.399 e. The Morgan fingerprint density at radius 1 is 1.30 bits per heavy atom. The zero-order valence-corrected chi connectivity index (χ0v) is 13.0. The lowest BCUT2D eigenvalue weighted by Gasteiger charge is -2.31. The summed E-state index contributed by atoms with van der Waals surface area (Å²) >= 11 is 0. The highest BCUT2D eigenvalue weighted by molar-refractivity contribution is 7.89. The normalized spacial score (nSPS) is 23.7. The molecule has 1 aromatic carbocycles. The molecule has 0 aliphatic heterocycles. The number of nitrogen functional groups attached to an aromatic ring is 1. The Labute approximate surface area is 121 Å². The van der Waals surface area contributed by atoms with Gasteiger partial charge in [-0.3, -0.25) is 0 Å². The summed E-state index contributed by atoms with van der Waals surface area (Å²) in [5.41, 5.74) is 7.16. The van der Waals surface area contributed by atoms with E-state index in [1.54, 1.807) is 18.2 Å². The van der Waals surface area contributed by atoms with Gasteiger partial charge in [0.2, 0.25) is 10.0 Å². The van der Waals surface area contributed by atoms with E-state index >= 15 is 0 Å². The van der Waals surface area contributed by atoms with Crippen LogP contribution in [-0.2, 0) is 10.0 Å². The number of hydrogen-bond donors (Lipinski definition) is 2. The quantitative estimate of drug-likeness (QED) is 0.839. The predicted molar refractivity (Wildman–Crippen MR) is 81.9 cm³/mol. The Bertz CT molecular complexity index is 569. The Morgan fingerprint density at radius 3 is 2.65 bits per heavy atom. The van der Waals surface area contributed by atoms with Gasteiger partial charge in [0.15, 0.2) is 0 Å². The molecule has 0 radical (unpaired) electrons. The zero-order chi connectivity index (χ0) is 14.8. The number of benzene rings is 1. The van der Waals surface area contributed by atoms with Gasteiger partial charge in [-0.2, -0.15) is 0 Å². The van der Waals surface area contributed by atoms with Crippen LogP contribution in [0.25, 0.3) is 0 Å². The Morgan fingerprint density at radius 2 is 2.00 bits per heavy atom. The molecular weight excluding hydrogens is 272 g/mol. The van der Waals surface area contributed by atoms with Crippen molar-refractivity contribution in [3.05, 3.63) is 23.8 Å². The van der Waals surface area contributed by atoms with Crippen molar-refractivity contribution < 1.29 is 8.42 Å². The van der Waals surface area contributed by atoms with Crippen molar-refractivity contribution in [1.82, 2.24) is 4.72 Å². The molecule has 4 nitrogen and oxygen atoms in total. The third-order valence-electron chi connectivity index (χ3n) is 4.29. The number of hydrogen-bond acceptors (Lipinski definition) is 3. The second-order valence-corrected chi connectivity index (χ2v) is 7.41. The maximum atomic E-state index is 12.5. The molecule has 5 heteroatoms. The largest absolute Gasteiger partial charge is 0.399 e. The highest BCUT2D eigenvalue weighted by Gasteiger charge is 2.28. The molecular formula is C15H24N2O2S. The summed E-state index contributed by atoms with van der Waals surface area (Å²) in [5.74, 6) is 0.452. The number of aryl methyl sites for hydroxylation is 1. The van der Waals surface area contributed by atoms with Crippen molar-refractivity contribution in [2.75, 3.05) is 5.73 Å². The van der Waals surface area contributed by atoms with Gasteiger partial charge in [-0.1, -0.05) is 26.2 Å². The van der Waals surface area contributed by atoms with Gasteiger partial charge in [0.25, 0.3) is 0 Å². The van der Waals surface area contributed by atoms with Crippen LogP contribution in [0.5, 0.6) is 0 Å². The minimum absolute atomic E-state index is 0.0663. The first kappa shape index (κ1) is 15.3. The zero-order valence-electron chi connectivity index (χ0n) is 12.2. The van der Waals surface area contributed by atoms with Crippen LogP contribution in [0.15, 0.2) is 23.1 Å². The topological polar surface area (TPSA) is 72.2 Å². The van der Waals surface area contributed by atoms with Crippen molar-refractivity contribution in [3.8, 4) is 0 Å².